The quantitative estimate of drug-likeness (QED) is 0.208. The van der Waals surface area contributed by atoms with E-state index >= 15 is 0 Å². The van der Waals surface area contributed by atoms with Crippen LogP contribution in [0.15, 0.2) is 84.3 Å². The molecule has 0 unspecified atom stereocenters. The van der Waals surface area contributed by atoms with Gasteiger partial charge in [-0.25, -0.2) is 10.1 Å². The van der Waals surface area contributed by atoms with Gasteiger partial charge in [-0.05, 0) is 81.5 Å². The largest absolute Gasteiger partial charge is 0.439 e. The fraction of sp³-hybridized carbons (Fsp3) is 0.258. The third-order valence-corrected chi connectivity index (χ3v) is 6.97. The summed E-state index contributed by atoms with van der Waals surface area (Å²) in [5, 5.41) is 15.5. The molecule has 5 rings (SSSR count). The van der Waals surface area contributed by atoms with Crippen LogP contribution in [0.5, 0.6) is 11.6 Å². The first-order chi connectivity index (χ1) is 19.4. The molecule has 0 spiro atoms. The van der Waals surface area contributed by atoms with Crippen molar-refractivity contribution in [3.8, 4) is 22.9 Å². The number of nitrogens with one attached hydrogen (secondary N) is 2. The van der Waals surface area contributed by atoms with E-state index in [9.17, 15) is 9.59 Å². The molecule has 1 aliphatic carbocycles. The van der Waals surface area contributed by atoms with Crippen molar-refractivity contribution in [1.82, 2.24) is 30.3 Å². The third-order valence-electron chi connectivity index (χ3n) is 6.97. The molecule has 1 saturated carbocycles. The number of allylic oxidation sites excluding steroid dienone is 2. The number of aromatic amines is 1. The number of nitrogens with zero attached hydrogens (tertiary/aromatic N) is 4. The zero-order valence-electron chi connectivity index (χ0n) is 22.5. The lowest BCUT2D eigenvalue weighted by Crippen LogP contribution is -2.37. The molecule has 0 bridgehead atoms. The van der Waals surface area contributed by atoms with E-state index in [0.717, 1.165) is 36.8 Å². The second-order valence-corrected chi connectivity index (χ2v) is 10.0. The van der Waals surface area contributed by atoms with Gasteiger partial charge in [0.05, 0.1) is 17.1 Å². The van der Waals surface area contributed by atoms with E-state index in [4.69, 9.17) is 9.84 Å². The molecule has 1 amide bonds. The molecule has 9 heteroatoms. The van der Waals surface area contributed by atoms with Gasteiger partial charge in [-0.1, -0.05) is 30.9 Å². The van der Waals surface area contributed by atoms with E-state index in [2.05, 4.69) is 33.7 Å². The van der Waals surface area contributed by atoms with Crippen molar-refractivity contribution in [2.75, 3.05) is 0 Å². The van der Waals surface area contributed by atoms with E-state index in [0.29, 0.717) is 40.3 Å². The van der Waals surface area contributed by atoms with Crippen molar-refractivity contribution in [3.05, 3.63) is 95.6 Å². The van der Waals surface area contributed by atoms with Crippen LogP contribution in [0.2, 0.25) is 0 Å². The standard InChI is InChI=1S/C31H32N6O3/c1-4-25-28-29(21-11-17-24(18-12-21)40-27-10-5-6-19-32-27)36-37(30(28)31(39)35-34-25)23-15-13-22(14-16-23)33-26(38)9-7-8-20(2)3/h4-7,9-12,17-19,22-23H,1-2,8,13-16H2,3H3,(H,33,38)(H,35,39)/b9-7+/t22-,23+. The van der Waals surface area contributed by atoms with Gasteiger partial charge in [-0.15, -0.1) is 0 Å². The number of fused-ring (bicyclic) bond motifs is 1. The van der Waals surface area contributed by atoms with Crippen LogP contribution < -0.4 is 15.6 Å². The summed E-state index contributed by atoms with van der Waals surface area (Å²) in [5.74, 6) is 1.05. The highest BCUT2D eigenvalue weighted by atomic mass is 16.5. The van der Waals surface area contributed by atoms with Gasteiger partial charge in [0.25, 0.3) is 5.56 Å². The number of carbonyl (C=O) groups excluding carboxylic acids is 1. The minimum absolute atomic E-state index is 0.0105. The average molecular weight is 537 g/mol. The van der Waals surface area contributed by atoms with Crippen LogP contribution in [0.25, 0.3) is 28.2 Å². The molecule has 2 N–H and O–H groups in total. The van der Waals surface area contributed by atoms with Crippen LogP contribution in [0.3, 0.4) is 0 Å². The Bertz CT molecular complexity index is 1610. The van der Waals surface area contributed by atoms with Gasteiger partial charge in [0, 0.05) is 23.9 Å². The molecule has 0 radical (unpaired) electrons. The summed E-state index contributed by atoms with van der Waals surface area (Å²) < 4.78 is 7.67. The Morgan fingerprint density at radius 3 is 2.62 bits per heavy atom. The molecule has 0 aliphatic heterocycles. The monoisotopic (exact) mass is 536 g/mol. The topological polar surface area (TPSA) is 115 Å². The maximum atomic E-state index is 13.1. The molecule has 4 aromatic rings. The zero-order valence-corrected chi connectivity index (χ0v) is 22.5. The predicted octanol–water partition coefficient (Wildman–Crippen LogP) is 5.74. The van der Waals surface area contributed by atoms with E-state index in [-0.39, 0.29) is 23.6 Å². The highest BCUT2D eigenvalue weighted by Crippen LogP contribution is 2.35. The van der Waals surface area contributed by atoms with Crippen molar-refractivity contribution < 1.29 is 9.53 Å². The lowest BCUT2D eigenvalue weighted by molar-refractivity contribution is -0.117. The molecular formula is C31H32N6O3. The first-order valence-electron chi connectivity index (χ1n) is 13.4. The van der Waals surface area contributed by atoms with Crippen LogP contribution in [-0.4, -0.2) is 36.9 Å². The van der Waals surface area contributed by atoms with Crippen LogP contribution in [0.4, 0.5) is 0 Å². The normalized spacial score (nSPS) is 17.1. The number of pyridine rings is 1. The molecule has 0 saturated heterocycles. The van der Waals surface area contributed by atoms with E-state index in [1.165, 1.54) is 0 Å². The maximum absolute atomic E-state index is 13.1. The second kappa shape index (κ2) is 11.9. The first kappa shape index (κ1) is 26.8. The number of ether oxygens (including phenoxy) is 1. The summed E-state index contributed by atoms with van der Waals surface area (Å²) in [4.78, 5) is 29.6. The Morgan fingerprint density at radius 1 is 1.18 bits per heavy atom. The Balaban J connectivity index is 1.39. The molecule has 3 heterocycles. The number of carbonyl (C=O) groups is 1. The maximum Gasteiger partial charge on any atom is 0.290 e. The van der Waals surface area contributed by atoms with Crippen LogP contribution >= 0.6 is 0 Å². The van der Waals surface area contributed by atoms with Gasteiger partial charge in [-0.2, -0.15) is 10.2 Å². The highest BCUT2D eigenvalue weighted by Gasteiger charge is 2.28. The van der Waals surface area contributed by atoms with E-state index in [1.807, 2.05) is 54.1 Å². The summed E-state index contributed by atoms with van der Waals surface area (Å²) in [6.07, 6.45) is 10.5. The van der Waals surface area contributed by atoms with Gasteiger partial charge in [0.1, 0.15) is 17.0 Å². The summed E-state index contributed by atoms with van der Waals surface area (Å²) in [6.45, 7) is 9.68. The Labute approximate surface area is 232 Å². The highest BCUT2D eigenvalue weighted by molar-refractivity contribution is 5.97. The molecule has 0 atom stereocenters. The van der Waals surface area contributed by atoms with Crippen LogP contribution in [0, 0.1) is 0 Å². The number of hydrogen-bond acceptors (Lipinski definition) is 6. The summed E-state index contributed by atoms with van der Waals surface area (Å²) in [6, 6.07) is 13.1. The number of hydrogen-bond donors (Lipinski definition) is 2. The fourth-order valence-electron chi connectivity index (χ4n) is 5.02. The number of aromatic nitrogens is 5. The second-order valence-electron chi connectivity index (χ2n) is 10.0. The van der Waals surface area contributed by atoms with Gasteiger partial charge in [0.2, 0.25) is 11.8 Å². The van der Waals surface area contributed by atoms with Crippen molar-refractivity contribution in [1.29, 1.82) is 0 Å². The fourth-order valence-corrected chi connectivity index (χ4v) is 5.02. The molecule has 204 valence electrons. The third kappa shape index (κ3) is 5.93. The SMILES string of the molecule is C=Cc1n[nH]c(=O)c2c1c(-c1ccc(Oc3ccccn3)cc1)nn2[C@H]1CC[C@@H](NC(=O)/C=C/CC(=C)C)CC1. The van der Waals surface area contributed by atoms with Crippen molar-refractivity contribution >= 4 is 22.9 Å². The van der Waals surface area contributed by atoms with Crippen molar-refractivity contribution in [2.24, 2.45) is 0 Å². The first-order valence-corrected chi connectivity index (χ1v) is 13.4. The summed E-state index contributed by atoms with van der Waals surface area (Å²) in [5.41, 5.74) is 3.23. The lowest BCUT2D eigenvalue weighted by Gasteiger charge is -2.29. The Morgan fingerprint density at radius 2 is 1.95 bits per heavy atom. The minimum Gasteiger partial charge on any atom is -0.439 e. The average Bonchev–Trinajstić information content (AvgIpc) is 3.36. The van der Waals surface area contributed by atoms with Crippen molar-refractivity contribution in [3.63, 3.8) is 0 Å². The lowest BCUT2D eigenvalue weighted by atomic mass is 9.91. The number of amides is 1. The zero-order chi connectivity index (χ0) is 28.1. The number of rotatable bonds is 9. The van der Waals surface area contributed by atoms with Gasteiger partial charge in [-0.3, -0.25) is 14.3 Å². The van der Waals surface area contributed by atoms with Crippen LogP contribution in [0.1, 0.15) is 50.8 Å². The summed E-state index contributed by atoms with van der Waals surface area (Å²) in [7, 11) is 0. The summed E-state index contributed by atoms with van der Waals surface area (Å²) >= 11 is 0. The number of H-pyrrole nitrogens is 1. The molecule has 1 aromatic carbocycles. The molecule has 3 aromatic heterocycles. The molecular weight excluding hydrogens is 504 g/mol. The Kier molecular flexibility index (Phi) is 8.00. The predicted molar refractivity (Wildman–Crippen MR) is 156 cm³/mol. The molecule has 9 nitrogen and oxygen atoms in total. The molecule has 1 fully saturated rings. The molecule has 1 aliphatic rings. The van der Waals surface area contributed by atoms with Crippen LogP contribution in [-0.2, 0) is 4.79 Å². The minimum atomic E-state index is -0.299. The van der Waals surface area contributed by atoms with Gasteiger partial charge in [0.15, 0.2) is 0 Å². The van der Waals surface area contributed by atoms with E-state index in [1.54, 1.807) is 24.4 Å². The smallest absolute Gasteiger partial charge is 0.290 e. The Hall–Kier alpha value is -4.79. The van der Waals surface area contributed by atoms with Gasteiger partial charge < -0.3 is 10.1 Å². The molecule has 40 heavy (non-hydrogen) atoms. The van der Waals surface area contributed by atoms with E-state index < -0.39 is 0 Å². The van der Waals surface area contributed by atoms with Gasteiger partial charge >= 0.3 is 0 Å². The number of benzene rings is 1. The van der Waals surface area contributed by atoms with Crippen molar-refractivity contribution in [2.45, 2.75) is 51.1 Å².